The predicted octanol–water partition coefficient (Wildman–Crippen LogP) is 5.21. The molecule has 3 aromatic rings. The molecule has 3 rings (SSSR count). The van der Waals surface area contributed by atoms with Crippen molar-refractivity contribution in [3.8, 4) is 16.9 Å². The molecule has 0 unspecified atom stereocenters. The fourth-order valence-corrected chi connectivity index (χ4v) is 2.57. The first-order valence-electron chi connectivity index (χ1n) is 7.54. The van der Waals surface area contributed by atoms with E-state index < -0.39 is 0 Å². The van der Waals surface area contributed by atoms with Gasteiger partial charge in [-0.05, 0) is 35.4 Å². The molecular formula is C20H21NO. The Labute approximate surface area is 131 Å². The van der Waals surface area contributed by atoms with Gasteiger partial charge in [0.1, 0.15) is 5.75 Å². The number of benzene rings is 2. The first kappa shape index (κ1) is 14.6. The second kappa shape index (κ2) is 5.45. The van der Waals surface area contributed by atoms with E-state index in [1.807, 2.05) is 18.2 Å². The van der Waals surface area contributed by atoms with Gasteiger partial charge in [0.15, 0.2) is 0 Å². The molecule has 0 saturated carbocycles. The Hall–Kier alpha value is -2.35. The number of ether oxygens (including phenoxy) is 1. The fourth-order valence-electron chi connectivity index (χ4n) is 2.57. The van der Waals surface area contributed by atoms with Crippen molar-refractivity contribution in [2.75, 3.05) is 7.11 Å². The van der Waals surface area contributed by atoms with Crippen LogP contribution in [0.5, 0.6) is 5.75 Å². The molecule has 0 aliphatic carbocycles. The third-order valence-electron chi connectivity index (χ3n) is 3.87. The number of methoxy groups -OCH3 is 1. The molecule has 2 heteroatoms. The van der Waals surface area contributed by atoms with Gasteiger partial charge in [0, 0.05) is 16.5 Å². The quantitative estimate of drug-likeness (QED) is 0.646. The molecule has 2 aromatic carbocycles. The molecule has 0 spiro atoms. The summed E-state index contributed by atoms with van der Waals surface area (Å²) in [6, 6.07) is 18.7. The number of hydrogen-bond acceptors (Lipinski definition) is 2. The van der Waals surface area contributed by atoms with E-state index in [1.54, 1.807) is 7.11 Å². The molecule has 22 heavy (non-hydrogen) atoms. The van der Waals surface area contributed by atoms with E-state index in [4.69, 9.17) is 9.72 Å². The normalized spacial score (nSPS) is 11.6. The van der Waals surface area contributed by atoms with Gasteiger partial charge in [-0.25, -0.2) is 0 Å². The zero-order valence-electron chi connectivity index (χ0n) is 13.6. The number of rotatable bonds is 2. The first-order chi connectivity index (χ1) is 10.5. The van der Waals surface area contributed by atoms with E-state index in [2.05, 4.69) is 57.2 Å². The van der Waals surface area contributed by atoms with E-state index in [9.17, 15) is 0 Å². The van der Waals surface area contributed by atoms with Crippen LogP contribution in [0.25, 0.3) is 22.0 Å². The Bertz CT molecular complexity index is 801. The largest absolute Gasteiger partial charge is 0.497 e. The van der Waals surface area contributed by atoms with E-state index in [0.29, 0.717) is 0 Å². The molecule has 0 fully saturated rings. The lowest BCUT2D eigenvalue weighted by molar-refractivity contribution is 0.415. The molecule has 0 N–H and O–H groups in total. The van der Waals surface area contributed by atoms with Crippen molar-refractivity contribution in [1.29, 1.82) is 0 Å². The van der Waals surface area contributed by atoms with Gasteiger partial charge < -0.3 is 4.74 Å². The predicted molar refractivity (Wildman–Crippen MR) is 92.4 cm³/mol. The summed E-state index contributed by atoms with van der Waals surface area (Å²) < 4.78 is 5.38. The van der Waals surface area contributed by atoms with Crippen molar-refractivity contribution in [2.24, 2.45) is 0 Å². The van der Waals surface area contributed by atoms with Crippen molar-refractivity contribution in [2.45, 2.75) is 26.2 Å². The van der Waals surface area contributed by atoms with Crippen molar-refractivity contribution < 1.29 is 4.74 Å². The topological polar surface area (TPSA) is 22.1 Å². The summed E-state index contributed by atoms with van der Waals surface area (Å²) in [5.74, 6) is 0.856. The second-order valence-corrected chi connectivity index (χ2v) is 6.55. The summed E-state index contributed by atoms with van der Waals surface area (Å²) in [6.07, 6.45) is 0. The Kier molecular flexibility index (Phi) is 3.61. The molecule has 0 bridgehead atoms. The molecule has 0 atom stereocenters. The van der Waals surface area contributed by atoms with Crippen LogP contribution >= 0.6 is 0 Å². The van der Waals surface area contributed by atoms with Gasteiger partial charge in [-0.1, -0.05) is 51.1 Å². The summed E-state index contributed by atoms with van der Waals surface area (Å²) in [5, 5.41) is 1.12. The summed E-state index contributed by atoms with van der Waals surface area (Å²) in [7, 11) is 1.69. The van der Waals surface area contributed by atoms with Crippen LogP contribution in [-0.4, -0.2) is 12.1 Å². The number of pyridine rings is 1. The molecule has 0 saturated heterocycles. The standard InChI is InChI=1S/C20H21NO/c1-20(2,3)19-13-16(14-8-6-5-7-9-14)17-12-15(22-4)10-11-18(17)21-19/h5-13H,1-4H3. The Balaban J connectivity index is 2.34. The SMILES string of the molecule is COc1ccc2nc(C(C)(C)C)cc(-c3ccccc3)c2c1. The highest BCUT2D eigenvalue weighted by Crippen LogP contribution is 2.34. The van der Waals surface area contributed by atoms with Crippen molar-refractivity contribution in [1.82, 2.24) is 4.98 Å². The Morgan fingerprint density at radius 3 is 2.27 bits per heavy atom. The minimum absolute atomic E-state index is 0.0116. The lowest BCUT2D eigenvalue weighted by atomic mass is 9.88. The third-order valence-corrected chi connectivity index (χ3v) is 3.87. The van der Waals surface area contributed by atoms with Crippen LogP contribution in [0.2, 0.25) is 0 Å². The average Bonchev–Trinajstić information content (AvgIpc) is 2.53. The van der Waals surface area contributed by atoms with Gasteiger partial charge in [0.05, 0.1) is 12.6 Å². The maximum Gasteiger partial charge on any atom is 0.119 e. The van der Waals surface area contributed by atoms with Gasteiger partial charge in [-0.2, -0.15) is 0 Å². The smallest absolute Gasteiger partial charge is 0.119 e. The van der Waals surface area contributed by atoms with Crippen LogP contribution in [0.15, 0.2) is 54.6 Å². The van der Waals surface area contributed by atoms with E-state index in [1.165, 1.54) is 11.1 Å². The number of aromatic nitrogens is 1. The summed E-state index contributed by atoms with van der Waals surface area (Å²) >= 11 is 0. The van der Waals surface area contributed by atoms with E-state index in [-0.39, 0.29) is 5.41 Å². The van der Waals surface area contributed by atoms with E-state index >= 15 is 0 Å². The minimum Gasteiger partial charge on any atom is -0.497 e. The summed E-state index contributed by atoms with van der Waals surface area (Å²) in [5.41, 5.74) is 4.52. The van der Waals surface area contributed by atoms with Crippen LogP contribution in [0.1, 0.15) is 26.5 Å². The molecule has 0 radical (unpaired) electrons. The second-order valence-electron chi connectivity index (χ2n) is 6.55. The lowest BCUT2D eigenvalue weighted by Gasteiger charge is -2.20. The first-order valence-corrected chi connectivity index (χ1v) is 7.54. The molecule has 1 aromatic heterocycles. The van der Waals surface area contributed by atoms with Crippen LogP contribution in [0.4, 0.5) is 0 Å². The zero-order valence-corrected chi connectivity index (χ0v) is 13.6. The van der Waals surface area contributed by atoms with Crippen LogP contribution in [0.3, 0.4) is 0 Å². The fraction of sp³-hybridized carbons (Fsp3) is 0.250. The molecule has 0 amide bonds. The van der Waals surface area contributed by atoms with Gasteiger partial charge >= 0.3 is 0 Å². The molecule has 0 aliphatic heterocycles. The monoisotopic (exact) mass is 291 g/mol. The molecule has 0 aliphatic rings. The third kappa shape index (κ3) is 2.69. The van der Waals surface area contributed by atoms with Gasteiger partial charge in [0.2, 0.25) is 0 Å². The Morgan fingerprint density at radius 2 is 1.64 bits per heavy atom. The molecular weight excluding hydrogens is 270 g/mol. The van der Waals surface area contributed by atoms with Gasteiger partial charge in [-0.3, -0.25) is 4.98 Å². The van der Waals surface area contributed by atoms with Gasteiger partial charge in [0.25, 0.3) is 0 Å². The molecule has 2 nitrogen and oxygen atoms in total. The van der Waals surface area contributed by atoms with Crippen molar-refractivity contribution in [3.05, 3.63) is 60.3 Å². The lowest BCUT2D eigenvalue weighted by Crippen LogP contribution is -2.13. The summed E-state index contributed by atoms with van der Waals surface area (Å²) in [6.45, 7) is 6.58. The maximum atomic E-state index is 5.38. The van der Waals surface area contributed by atoms with E-state index in [0.717, 1.165) is 22.3 Å². The van der Waals surface area contributed by atoms with Crippen molar-refractivity contribution in [3.63, 3.8) is 0 Å². The zero-order chi connectivity index (χ0) is 15.7. The molecule has 112 valence electrons. The summed E-state index contributed by atoms with van der Waals surface area (Å²) in [4.78, 5) is 4.85. The number of hydrogen-bond donors (Lipinski definition) is 0. The van der Waals surface area contributed by atoms with Crippen molar-refractivity contribution >= 4 is 10.9 Å². The Morgan fingerprint density at radius 1 is 0.909 bits per heavy atom. The number of nitrogens with zero attached hydrogens (tertiary/aromatic N) is 1. The minimum atomic E-state index is 0.0116. The van der Waals surface area contributed by atoms with Crippen LogP contribution in [0, 0.1) is 0 Å². The highest BCUT2D eigenvalue weighted by Gasteiger charge is 2.18. The average molecular weight is 291 g/mol. The van der Waals surface area contributed by atoms with Gasteiger partial charge in [-0.15, -0.1) is 0 Å². The highest BCUT2D eigenvalue weighted by molar-refractivity contribution is 5.95. The highest BCUT2D eigenvalue weighted by atomic mass is 16.5. The van der Waals surface area contributed by atoms with Crippen LogP contribution in [-0.2, 0) is 5.41 Å². The maximum absolute atomic E-state index is 5.38. The molecule has 1 heterocycles. The van der Waals surface area contributed by atoms with Crippen LogP contribution < -0.4 is 4.74 Å². The number of fused-ring (bicyclic) bond motifs is 1.